The van der Waals surface area contributed by atoms with E-state index >= 15 is 0 Å². The maximum atomic E-state index is 13.0. The summed E-state index contributed by atoms with van der Waals surface area (Å²) in [5.74, 6) is 4.24. The zero-order valence-electron chi connectivity index (χ0n) is 21.8. The fourth-order valence-electron chi connectivity index (χ4n) is 8.58. The summed E-state index contributed by atoms with van der Waals surface area (Å²) in [7, 11) is 0. The van der Waals surface area contributed by atoms with Crippen LogP contribution in [0.2, 0.25) is 0 Å². The standard InChI is InChI=1S/C29H46O4/c1-18(2)8-7-9-19(3)23-10-11-24-22-17-27(31)33-26-16-21(32-20(4)30)12-14-29(26,6)25(22)13-15-28(23,24)5/h16,18-19,21-25H,7-15,17H2,1-6H3/t19-,21-,22+,23-,24+,25+,28-,29-/m1/s1. The molecule has 33 heavy (non-hydrogen) atoms. The third-order valence-electron chi connectivity index (χ3n) is 10.2. The van der Waals surface area contributed by atoms with Gasteiger partial charge in [-0.1, -0.05) is 53.9 Å². The summed E-state index contributed by atoms with van der Waals surface area (Å²) in [6.07, 6.45) is 13.0. The average Bonchev–Trinajstić information content (AvgIpc) is 3.02. The van der Waals surface area contributed by atoms with Gasteiger partial charge >= 0.3 is 11.9 Å². The Morgan fingerprint density at radius 2 is 1.85 bits per heavy atom. The Morgan fingerprint density at radius 1 is 1.09 bits per heavy atom. The van der Waals surface area contributed by atoms with Crippen LogP contribution in [0.3, 0.4) is 0 Å². The van der Waals surface area contributed by atoms with Crippen LogP contribution in [-0.4, -0.2) is 18.0 Å². The molecule has 1 aliphatic heterocycles. The van der Waals surface area contributed by atoms with Crippen molar-refractivity contribution in [2.75, 3.05) is 0 Å². The SMILES string of the molecule is CC(=O)O[C@H]1C=C2OC(=O)C[C@H]3[C@@H]4CC[C@H]([C@H](C)CCCC(C)C)[C@@]4(C)CC[C@@H]3[C@@]2(C)CC1. The van der Waals surface area contributed by atoms with Gasteiger partial charge in [-0.2, -0.15) is 0 Å². The van der Waals surface area contributed by atoms with Crippen molar-refractivity contribution in [3.8, 4) is 0 Å². The van der Waals surface area contributed by atoms with Gasteiger partial charge in [-0.15, -0.1) is 0 Å². The third-order valence-corrected chi connectivity index (χ3v) is 10.2. The Hall–Kier alpha value is -1.32. The van der Waals surface area contributed by atoms with E-state index in [2.05, 4.69) is 34.6 Å². The topological polar surface area (TPSA) is 52.6 Å². The van der Waals surface area contributed by atoms with E-state index in [9.17, 15) is 9.59 Å². The van der Waals surface area contributed by atoms with Crippen molar-refractivity contribution < 1.29 is 19.1 Å². The van der Waals surface area contributed by atoms with Crippen LogP contribution >= 0.6 is 0 Å². The van der Waals surface area contributed by atoms with Crippen molar-refractivity contribution in [2.24, 2.45) is 46.3 Å². The van der Waals surface area contributed by atoms with Crippen molar-refractivity contribution in [3.63, 3.8) is 0 Å². The molecule has 0 radical (unpaired) electrons. The summed E-state index contributed by atoms with van der Waals surface area (Å²) in [5, 5.41) is 0. The Bertz CT molecular complexity index is 784. The Balaban J connectivity index is 1.55. The molecule has 3 aliphatic carbocycles. The predicted molar refractivity (Wildman–Crippen MR) is 130 cm³/mol. The molecule has 0 N–H and O–H groups in total. The minimum absolute atomic E-state index is 0.0823. The summed E-state index contributed by atoms with van der Waals surface area (Å²) in [5.41, 5.74) is 0.216. The monoisotopic (exact) mass is 458 g/mol. The van der Waals surface area contributed by atoms with Crippen LogP contribution in [0.5, 0.6) is 0 Å². The molecule has 8 atom stereocenters. The lowest BCUT2D eigenvalue weighted by Gasteiger charge is -2.54. The van der Waals surface area contributed by atoms with E-state index in [4.69, 9.17) is 9.47 Å². The summed E-state index contributed by atoms with van der Waals surface area (Å²) >= 11 is 0. The van der Waals surface area contributed by atoms with Gasteiger partial charge in [0.25, 0.3) is 0 Å². The second-order valence-electron chi connectivity index (χ2n) is 12.7. The van der Waals surface area contributed by atoms with E-state index < -0.39 is 0 Å². The molecule has 2 saturated carbocycles. The van der Waals surface area contributed by atoms with Gasteiger partial charge in [0.1, 0.15) is 11.9 Å². The first-order chi connectivity index (χ1) is 15.5. The molecule has 3 fully saturated rings. The van der Waals surface area contributed by atoms with Gasteiger partial charge in [-0.3, -0.25) is 9.59 Å². The van der Waals surface area contributed by atoms with E-state index in [0.717, 1.165) is 36.4 Å². The quantitative estimate of drug-likeness (QED) is 0.399. The molecule has 0 aromatic rings. The minimum Gasteiger partial charge on any atom is -0.458 e. The third kappa shape index (κ3) is 4.65. The van der Waals surface area contributed by atoms with Gasteiger partial charge in [-0.25, -0.2) is 0 Å². The van der Waals surface area contributed by atoms with E-state index in [-0.39, 0.29) is 23.5 Å². The zero-order chi connectivity index (χ0) is 24.0. The molecular weight excluding hydrogens is 412 g/mol. The molecule has 0 bridgehead atoms. The average molecular weight is 459 g/mol. The molecule has 4 heteroatoms. The molecule has 1 saturated heterocycles. The van der Waals surface area contributed by atoms with Gasteiger partial charge in [0.2, 0.25) is 0 Å². The number of carbonyl (C=O) groups is 2. The van der Waals surface area contributed by atoms with Crippen LogP contribution in [0.4, 0.5) is 0 Å². The first kappa shape index (κ1) is 24.8. The molecule has 0 unspecified atom stereocenters. The lowest BCUT2D eigenvalue weighted by Crippen LogP contribution is -2.48. The van der Waals surface area contributed by atoms with Crippen molar-refractivity contribution in [1.29, 1.82) is 0 Å². The van der Waals surface area contributed by atoms with Crippen molar-refractivity contribution >= 4 is 11.9 Å². The van der Waals surface area contributed by atoms with E-state index in [1.807, 2.05) is 6.08 Å². The van der Waals surface area contributed by atoms with E-state index in [1.54, 1.807) is 0 Å². The minimum atomic E-state index is -0.272. The highest BCUT2D eigenvalue weighted by atomic mass is 16.6. The lowest BCUT2D eigenvalue weighted by atomic mass is 9.50. The fourth-order valence-corrected chi connectivity index (χ4v) is 8.58. The smallest absolute Gasteiger partial charge is 0.311 e. The van der Waals surface area contributed by atoms with Crippen LogP contribution in [0.25, 0.3) is 0 Å². The molecule has 186 valence electrons. The molecular formula is C29H46O4. The Morgan fingerprint density at radius 3 is 2.55 bits per heavy atom. The van der Waals surface area contributed by atoms with Crippen LogP contribution in [0.1, 0.15) is 106 Å². The number of hydrogen-bond acceptors (Lipinski definition) is 4. The van der Waals surface area contributed by atoms with Crippen LogP contribution in [0, 0.1) is 46.3 Å². The van der Waals surface area contributed by atoms with E-state index in [1.165, 1.54) is 51.9 Å². The first-order valence-electron chi connectivity index (χ1n) is 13.6. The van der Waals surface area contributed by atoms with Gasteiger partial charge in [-0.05, 0) is 85.5 Å². The van der Waals surface area contributed by atoms with Gasteiger partial charge in [0.05, 0.1) is 0 Å². The number of hydrogen-bond donors (Lipinski definition) is 0. The molecule has 4 rings (SSSR count). The normalized spacial score (nSPS) is 41.2. The first-order valence-corrected chi connectivity index (χ1v) is 13.6. The van der Waals surface area contributed by atoms with Crippen molar-refractivity contribution in [2.45, 2.75) is 112 Å². The highest BCUT2D eigenvalue weighted by molar-refractivity contribution is 5.72. The zero-order valence-corrected chi connectivity index (χ0v) is 21.8. The number of carbonyl (C=O) groups excluding carboxylic acids is 2. The molecule has 1 heterocycles. The summed E-state index contributed by atoms with van der Waals surface area (Å²) in [6, 6.07) is 0. The number of esters is 2. The maximum absolute atomic E-state index is 13.0. The fraction of sp³-hybridized carbons (Fsp3) is 0.862. The second kappa shape index (κ2) is 9.38. The summed E-state index contributed by atoms with van der Waals surface area (Å²) < 4.78 is 11.4. The Kier molecular flexibility index (Phi) is 7.05. The van der Waals surface area contributed by atoms with Crippen LogP contribution < -0.4 is 0 Å². The number of ether oxygens (including phenoxy) is 2. The van der Waals surface area contributed by atoms with Crippen LogP contribution in [0.15, 0.2) is 11.8 Å². The van der Waals surface area contributed by atoms with Crippen molar-refractivity contribution in [1.82, 2.24) is 0 Å². The van der Waals surface area contributed by atoms with Gasteiger partial charge < -0.3 is 9.47 Å². The molecule has 0 aromatic carbocycles. The predicted octanol–water partition coefficient (Wildman–Crippen LogP) is 7.07. The Labute approximate surface area is 201 Å². The largest absolute Gasteiger partial charge is 0.458 e. The molecule has 4 aliphatic rings. The lowest BCUT2D eigenvalue weighted by molar-refractivity contribution is -0.145. The highest BCUT2D eigenvalue weighted by Gasteiger charge is 2.60. The highest BCUT2D eigenvalue weighted by Crippen LogP contribution is 2.66. The van der Waals surface area contributed by atoms with Gasteiger partial charge in [0, 0.05) is 18.8 Å². The summed E-state index contributed by atoms with van der Waals surface area (Å²) in [6.45, 7) is 13.5. The molecule has 0 amide bonds. The molecule has 0 aromatic heterocycles. The van der Waals surface area contributed by atoms with Crippen LogP contribution in [-0.2, 0) is 19.1 Å². The number of fused-ring (bicyclic) bond motifs is 5. The van der Waals surface area contributed by atoms with E-state index in [0.29, 0.717) is 29.6 Å². The molecule has 0 spiro atoms. The molecule has 4 nitrogen and oxygen atoms in total. The number of rotatable bonds is 6. The van der Waals surface area contributed by atoms with Gasteiger partial charge in [0.15, 0.2) is 0 Å². The summed E-state index contributed by atoms with van der Waals surface area (Å²) in [4.78, 5) is 24.5. The second-order valence-corrected chi connectivity index (χ2v) is 12.7. The number of allylic oxidation sites excluding steroid dienone is 1. The van der Waals surface area contributed by atoms with Crippen molar-refractivity contribution in [3.05, 3.63) is 11.8 Å². The maximum Gasteiger partial charge on any atom is 0.311 e.